The molecule has 0 amide bonds. The highest BCUT2D eigenvalue weighted by Gasteiger charge is 2.20. The normalized spacial score (nSPS) is 10.5. The molecule has 0 aliphatic carbocycles. The average molecular weight is 364 g/mol. The van der Waals surface area contributed by atoms with Crippen molar-refractivity contribution in [2.45, 2.75) is 27.7 Å². The molecular formula is C19H20N6O2. The fourth-order valence-corrected chi connectivity index (χ4v) is 2.91. The molecule has 0 saturated carbocycles. The van der Waals surface area contributed by atoms with Gasteiger partial charge in [-0.15, -0.1) is 0 Å². The van der Waals surface area contributed by atoms with Crippen molar-refractivity contribution in [1.82, 2.24) is 15.0 Å². The molecule has 0 aliphatic heterocycles. The van der Waals surface area contributed by atoms with E-state index in [4.69, 9.17) is 0 Å². The van der Waals surface area contributed by atoms with Crippen molar-refractivity contribution in [2.24, 2.45) is 0 Å². The predicted octanol–water partition coefficient (Wildman–Crippen LogP) is 4.12. The molecule has 0 aromatic carbocycles. The Hall–Kier alpha value is -3.55. The van der Waals surface area contributed by atoms with Crippen LogP contribution in [0.25, 0.3) is 11.1 Å². The molecule has 3 aromatic heterocycles. The summed E-state index contributed by atoms with van der Waals surface area (Å²) in [5.74, 6) is 0. The van der Waals surface area contributed by atoms with Gasteiger partial charge in [0.05, 0.1) is 33.2 Å². The maximum absolute atomic E-state index is 11.4. The van der Waals surface area contributed by atoms with Gasteiger partial charge in [-0.2, -0.15) is 0 Å². The molecule has 0 saturated heterocycles. The van der Waals surface area contributed by atoms with E-state index in [1.54, 1.807) is 12.3 Å². The number of aromatic nitrogens is 3. The molecule has 3 rings (SSSR count). The molecule has 0 atom stereocenters. The lowest BCUT2D eigenvalue weighted by atomic mass is 10.0. The maximum Gasteiger partial charge on any atom is 0.295 e. The Balaban J connectivity index is 2.05. The standard InChI is InChI=1S/C19H20N6O2/c1-11-5-6-17(13(3)21-11)23-24-19-14(4)22-12(2)9-16(19)15-7-8-20-10-18(15)25(26)27/h5-10,23-24H,1-4H3. The van der Waals surface area contributed by atoms with Crippen molar-refractivity contribution in [3.8, 4) is 11.1 Å². The van der Waals surface area contributed by atoms with E-state index < -0.39 is 4.92 Å². The second-order valence-corrected chi connectivity index (χ2v) is 6.26. The zero-order valence-corrected chi connectivity index (χ0v) is 15.6. The topological polar surface area (TPSA) is 106 Å². The highest BCUT2D eigenvalue weighted by atomic mass is 16.6. The van der Waals surface area contributed by atoms with Crippen LogP contribution in [0.4, 0.5) is 17.1 Å². The van der Waals surface area contributed by atoms with Crippen molar-refractivity contribution in [2.75, 3.05) is 10.9 Å². The van der Waals surface area contributed by atoms with Crippen LogP contribution in [-0.2, 0) is 0 Å². The molecule has 2 N–H and O–H groups in total. The largest absolute Gasteiger partial charge is 0.299 e. The van der Waals surface area contributed by atoms with Crippen molar-refractivity contribution in [3.63, 3.8) is 0 Å². The van der Waals surface area contributed by atoms with Gasteiger partial charge in [0, 0.05) is 23.1 Å². The summed E-state index contributed by atoms with van der Waals surface area (Å²) in [6.07, 6.45) is 2.80. The highest BCUT2D eigenvalue weighted by molar-refractivity contribution is 5.85. The molecule has 0 spiro atoms. The van der Waals surface area contributed by atoms with Gasteiger partial charge >= 0.3 is 0 Å². The molecule has 0 unspecified atom stereocenters. The SMILES string of the molecule is Cc1ccc(NNc2c(-c3ccncc3[N+](=O)[O-])cc(C)nc2C)c(C)n1. The van der Waals surface area contributed by atoms with Crippen LogP contribution in [0, 0.1) is 37.8 Å². The number of aryl methyl sites for hydroxylation is 4. The van der Waals surface area contributed by atoms with Crippen LogP contribution in [0.3, 0.4) is 0 Å². The average Bonchev–Trinajstić information content (AvgIpc) is 2.61. The van der Waals surface area contributed by atoms with Gasteiger partial charge in [-0.05, 0) is 52.0 Å². The minimum atomic E-state index is -0.432. The summed E-state index contributed by atoms with van der Waals surface area (Å²) in [6.45, 7) is 7.55. The number of hydrogen-bond donors (Lipinski definition) is 2. The summed E-state index contributed by atoms with van der Waals surface area (Å²) in [6, 6.07) is 7.29. The maximum atomic E-state index is 11.4. The van der Waals surface area contributed by atoms with E-state index >= 15 is 0 Å². The van der Waals surface area contributed by atoms with Crippen molar-refractivity contribution >= 4 is 17.1 Å². The van der Waals surface area contributed by atoms with E-state index in [1.807, 2.05) is 45.9 Å². The van der Waals surface area contributed by atoms with Gasteiger partial charge < -0.3 is 0 Å². The molecule has 27 heavy (non-hydrogen) atoms. The van der Waals surface area contributed by atoms with Crippen LogP contribution >= 0.6 is 0 Å². The third kappa shape index (κ3) is 3.84. The predicted molar refractivity (Wildman–Crippen MR) is 105 cm³/mol. The van der Waals surface area contributed by atoms with Gasteiger partial charge in [-0.3, -0.25) is 35.9 Å². The number of rotatable bonds is 5. The van der Waals surface area contributed by atoms with Gasteiger partial charge in [-0.1, -0.05) is 0 Å². The van der Waals surface area contributed by atoms with Gasteiger partial charge in [-0.25, -0.2) is 0 Å². The third-order valence-corrected chi connectivity index (χ3v) is 4.16. The Morgan fingerprint density at radius 1 is 0.926 bits per heavy atom. The number of anilines is 2. The zero-order valence-electron chi connectivity index (χ0n) is 15.6. The third-order valence-electron chi connectivity index (χ3n) is 4.16. The van der Waals surface area contributed by atoms with Crippen molar-refractivity contribution in [1.29, 1.82) is 0 Å². The van der Waals surface area contributed by atoms with Crippen molar-refractivity contribution in [3.05, 3.63) is 69.5 Å². The first kappa shape index (κ1) is 18.2. The number of hydrogen-bond acceptors (Lipinski definition) is 7. The summed E-state index contributed by atoms with van der Waals surface area (Å²) in [5.41, 5.74) is 12.1. The monoisotopic (exact) mass is 364 g/mol. The van der Waals surface area contributed by atoms with Gasteiger partial charge in [0.2, 0.25) is 0 Å². The van der Waals surface area contributed by atoms with Crippen LogP contribution in [-0.4, -0.2) is 19.9 Å². The van der Waals surface area contributed by atoms with E-state index in [-0.39, 0.29) is 5.69 Å². The fourth-order valence-electron chi connectivity index (χ4n) is 2.91. The highest BCUT2D eigenvalue weighted by Crippen LogP contribution is 2.36. The van der Waals surface area contributed by atoms with Crippen LogP contribution < -0.4 is 10.9 Å². The van der Waals surface area contributed by atoms with Crippen LogP contribution in [0.15, 0.2) is 36.7 Å². The molecule has 138 valence electrons. The molecule has 3 heterocycles. The number of nitrogens with zero attached hydrogens (tertiary/aromatic N) is 4. The molecule has 3 aromatic rings. The quantitative estimate of drug-likeness (QED) is 0.518. The summed E-state index contributed by atoms with van der Waals surface area (Å²) >= 11 is 0. The Kier molecular flexibility index (Phi) is 4.98. The van der Waals surface area contributed by atoms with Gasteiger partial charge in [0.1, 0.15) is 6.20 Å². The summed E-state index contributed by atoms with van der Waals surface area (Å²) in [4.78, 5) is 23.8. The first-order valence-corrected chi connectivity index (χ1v) is 8.40. The van der Waals surface area contributed by atoms with E-state index in [2.05, 4.69) is 25.8 Å². The minimum Gasteiger partial charge on any atom is -0.299 e. The lowest BCUT2D eigenvalue weighted by Gasteiger charge is -2.18. The first-order chi connectivity index (χ1) is 12.9. The van der Waals surface area contributed by atoms with Gasteiger partial charge in [0.15, 0.2) is 0 Å². The molecule has 8 nitrogen and oxygen atoms in total. The number of pyridine rings is 3. The molecule has 0 bridgehead atoms. The van der Waals surface area contributed by atoms with Crippen LogP contribution in [0.1, 0.15) is 22.8 Å². The molecular weight excluding hydrogens is 344 g/mol. The second kappa shape index (κ2) is 7.36. The smallest absolute Gasteiger partial charge is 0.295 e. The Morgan fingerprint density at radius 2 is 1.67 bits per heavy atom. The molecule has 8 heteroatoms. The number of nitrogens with one attached hydrogen (secondary N) is 2. The molecule has 0 aliphatic rings. The van der Waals surface area contributed by atoms with E-state index in [1.165, 1.54) is 6.20 Å². The lowest BCUT2D eigenvalue weighted by Crippen LogP contribution is -2.13. The number of hydrazine groups is 1. The number of nitro groups is 1. The Morgan fingerprint density at radius 3 is 2.37 bits per heavy atom. The minimum absolute atomic E-state index is 0.0567. The lowest BCUT2D eigenvalue weighted by molar-refractivity contribution is -0.384. The zero-order chi connectivity index (χ0) is 19.6. The Labute approximate surface area is 156 Å². The van der Waals surface area contributed by atoms with E-state index in [9.17, 15) is 10.1 Å². The summed E-state index contributed by atoms with van der Waals surface area (Å²) in [7, 11) is 0. The Bertz CT molecular complexity index is 1020. The second-order valence-electron chi connectivity index (χ2n) is 6.26. The summed E-state index contributed by atoms with van der Waals surface area (Å²) in [5, 5.41) is 11.4. The van der Waals surface area contributed by atoms with E-state index in [0.717, 1.165) is 28.5 Å². The van der Waals surface area contributed by atoms with E-state index in [0.29, 0.717) is 16.8 Å². The first-order valence-electron chi connectivity index (χ1n) is 8.40. The molecule has 0 fully saturated rings. The fraction of sp³-hybridized carbons (Fsp3) is 0.211. The van der Waals surface area contributed by atoms with Gasteiger partial charge in [0.25, 0.3) is 5.69 Å². The van der Waals surface area contributed by atoms with Crippen molar-refractivity contribution < 1.29 is 4.92 Å². The summed E-state index contributed by atoms with van der Waals surface area (Å²) < 4.78 is 0. The van der Waals surface area contributed by atoms with Crippen LogP contribution in [0.5, 0.6) is 0 Å². The molecule has 0 radical (unpaired) electrons. The van der Waals surface area contributed by atoms with Crippen LogP contribution in [0.2, 0.25) is 0 Å².